The number of anilines is 1. The summed E-state index contributed by atoms with van der Waals surface area (Å²) in [6, 6.07) is 4.42. The van der Waals surface area contributed by atoms with Gasteiger partial charge in [-0.15, -0.1) is 0 Å². The molecule has 0 spiro atoms. The molecule has 0 atom stereocenters. The first kappa shape index (κ1) is 10.0. The van der Waals surface area contributed by atoms with E-state index in [-0.39, 0.29) is 0 Å². The molecule has 2 nitrogen and oxygen atoms in total. The second kappa shape index (κ2) is 3.69. The maximum Gasteiger partial charge on any atom is 0.142 e. The fourth-order valence-corrected chi connectivity index (χ4v) is 2.95. The Morgan fingerprint density at radius 1 is 1.25 bits per heavy atom. The lowest BCUT2D eigenvalue weighted by Crippen LogP contribution is -2.37. The second-order valence-electron chi connectivity index (χ2n) is 5.07. The van der Waals surface area contributed by atoms with Gasteiger partial charge in [-0.2, -0.15) is 0 Å². The van der Waals surface area contributed by atoms with E-state index in [1.54, 1.807) is 5.56 Å². The smallest absolute Gasteiger partial charge is 0.142 e. The van der Waals surface area contributed by atoms with E-state index in [9.17, 15) is 0 Å². The lowest BCUT2D eigenvalue weighted by molar-refractivity contribution is 0.304. The van der Waals surface area contributed by atoms with E-state index in [1.807, 2.05) is 0 Å². The zero-order valence-electron chi connectivity index (χ0n) is 10.1. The Bertz CT molecular complexity index is 409. The molecule has 2 heterocycles. The molecule has 0 bridgehead atoms. The quantitative estimate of drug-likeness (QED) is 0.717. The van der Waals surface area contributed by atoms with Gasteiger partial charge in [-0.1, -0.05) is 19.9 Å². The number of benzene rings is 1. The highest BCUT2D eigenvalue weighted by molar-refractivity contribution is 5.69. The van der Waals surface area contributed by atoms with Gasteiger partial charge >= 0.3 is 0 Å². The number of ether oxygens (including phenoxy) is 1. The van der Waals surface area contributed by atoms with E-state index >= 15 is 0 Å². The molecule has 1 aromatic carbocycles. The third-order valence-electron chi connectivity index (χ3n) is 3.69. The minimum Gasteiger partial charge on any atom is -0.490 e. The largest absolute Gasteiger partial charge is 0.490 e. The van der Waals surface area contributed by atoms with Gasteiger partial charge < -0.3 is 9.64 Å². The highest BCUT2D eigenvalue weighted by Crippen LogP contribution is 2.42. The molecule has 0 aliphatic carbocycles. The molecule has 1 aromatic rings. The maximum absolute atomic E-state index is 5.76. The molecule has 0 saturated carbocycles. The van der Waals surface area contributed by atoms with Gasteiger partial charge in [0.1, 0.15) is 12.4 Å². The van der Waals surface area contributed by atoms with Crippen LogP contribution < -0.4 is 9.64 Å². The number of hydrogen-bond acceptors (Lipinski definition) is 2. The number of rotatable bonds is 1. The molecular weight excluding hydrogens is 198 g/mol. The van der Waals surface area contributed by atoms with E-state index in [0.29, 0.717) is 5.92 Å². The van der Waals surface area contributed by atoms with Crippen molar-refractivity contribution in [3.05, 3.63) is 23.3 Å². The van der Waals surface area contributed by atoms with Gasteiger partial charge in [0, 0.05) is 6.54 Å². The van der Waals surface area contributed by atoms with E-state index < -0.39 is 0 Å². The zero-order chi connectivity index (χ0) is 11.1. The predicted octanol–water partition coefficient (Wildman–Crippen LogP) is 2.96. The van der Waals surface area contributed by atoms with Gasteiger partial charge in [-0.05, 0) is 36.0 Å². The molecule has 2 aliphatic heterocycles. The van der Waals surface area contributed by atoms with Gasteiger partial charge in [-0.25, -0.2) is 0 Å². The summed E-state index contributed by atoms with van der Waals surface area (Å²) in [5.74, 6) is 1.72. The van der Waals surface area contributed by atoms with Crippen LogP contribution >= 0.6 is 0 Å². The Morgan fingerprint density at radius 2 is 2.12 bits per heavy atom. The highest BCUT2D eigenvalue weighted by Gasteiger charge is 2.27. The molecule has 16 heavy (non-hydrogen) atoms. The first-order valence-corrected chi connectivity index (χ1v) is 6.31. The van der Waals surface area contributed by atoms with Crippen LogP contribution in [-0.4, -0.2) is 19.7 Å². The van der Waals surface area contributed by atoms with Crippen LogP contribution in [0, 0.1) is 0 Å². The standard InChI is InChI=1S/C14H19NO/c1-10(2)11-5-6-13-14-12(11)4-3-7-15(14)8-9-16-13/h5-6,10H,3-4,7-9H2,1-2H3. The molecule has 3 rings (SSSR count). The molecule has 0 unspecified atom stereocenters. The van der Waals surface area contributed by atoms with Crippen LogP contribution in [0.4, 0.5) is 5.69 Å². The summed E-state index contributed by atoms with van der Waals surface area (Å²) in [5, 5.41) is 0. The van der Waals surface area contributed by atoms with E-state index in [2.05, 4.69) is 30.9 Å². The third-order valence-corrected chi connectivity index (χ3v) is 3.69. The summed E-state index contributed by atoms with van der Waals surface area (Å²) in [5.41, 5.74) is 4.44. The van der Waals surface area contributed by atoms with Gasteiger partial charge in [0.2, 0.25) is 0 Å². The minimum atomic E-state index is 0.613. The molecule has 0 fully saturated rings. The van der Waals surface area contributed by atoms with Crippen molar-refractivity contribution >= 4 is 5.69 Å². The Balaban J connectivity index is 2.18. The summed E-state index contributed by atoms with van der Waals surface area (Å²) in [6.45, 7) is 7.65. The summed E-state index contributed by atoms with van der Waals surface area (Å²) < 4.78 is 5.76. The summed E-state index contributed by atoms with van der Waals surface area (Å²) in [6.07, 6.45) is 2.51. The molecule has 2 aliphatic rings. The second-order valence-corrected chi connectivity index (χ2v) is 5.07. The summed E-state index contributed by atoms with van der Waals surface area (Å²) in [7, 11) is 0. The fourth-order valence-electron chi connectivity index (χ4n) is 2.95. The molecule has 0 radical (unpaired) electrons. The van der Waals surface area contributed by atoms with Gasteiger partial charge in [-0.3, -0.25) is 0 Å². The van der Waals surface area contributed by atoms with Crippen molar-refractivity contribution in [3.63, 3.8) is 0 Å². The topological polar surface area (TPSA) is 12.5 Å². The van der Waals surface area contributed by atoms with Gasteiger partial charge in [0.15, 0.2) is 0 Å². The average molecular weight is 217 g/mol. The Kier molecular flexibility index (Phi) is 2.31. The Morgan fingerprint density at radius 3 is 2.94 bits per heavy atom. The van der Waals surface area contributed by atoms with Crippen LogP contribution in [0.25, 0.3) is 0 Å². The molecule has 0 amide bonds. The van der Waals surface area contributed by atoms with Crippen molar-refractivity contribution in [2.75, 3.05) is 24.6 Å². The van der Waals surface area contributed by atoms with Crippen LogP contribution in [0.2, 0.25) is 0 Å². The van der Waals surface area contributed by atoms with Crippen molar-refractivity contribution in [3.8, 4) is 5.75 Å². The van der Waals surface area contributed by atoms with Crippen molar-refractivity contribution in [1.82, 2.24) is 0 Å². The van der Waals surface area contributed by atoms with Gasteiger partial charge in [0.25, 0.3) is 0 Å². The first-order valence-electron chi connectivity index (χ1n) is 6.31. The molecule has 0 N–H and O–H groups in total. The lowest BCUT2D eigenvalue weighted by Gasteiger charge is -2.37. The van der Waals surface area contributed by atoms with Gasteiger partial charge in [0.05, 0.1) is 12.2 Å². The van der Waals surface area contributed by atoms with E-state index in [4.69, 9.17) is 4.74 Å². The average Bonchev–Trinajstić information content (AvgIpc) is 2.30. The number of nitrogens with zero attached hydrogens (tertiary/aromatic N) is 1. The van der Waals surface area contributed by atoms with Crippen molar-refractivity contribution in [2.24, 2.45) is 0 Å². The van der Waals surface area contributed by atoms with Crippen molar-refractivity contribution in [1.29, 1.82) is 0 Å². The highest BCUT2D eigenvalue weighted by atomic mass is 16.5. The van der Waals surface area contributed by atoms with E-state index in [0.717, 1.165) is 18.9 Å². The van der Waals surface area contributed by atoms with Crippen LogP contribution in [0.1, 0.15) is 37.3 Å². The van der Waals surface area contributed by atoms with E-state index in [1.165, 1.54) is 30.6 Å². The first-order chi connectivity index (χ1) is 7.77. The monoisotopic (exact) mass is 217 g/mol. The Hall–Kier alpha value is -1.18. The Labute approximate surface area is 97.2 Å². The van der Waals surface area contributed by atoms with Crippen molar-refractivity contribution in [2.45, 2.75) is 32.6 Å². The SMILES string of the molecule is CC(C)c1ccc2c3c1CCCN3CCO2. The fraction of sp³-hybridized carbons (Fsp3) is 0.571. The molecule has 0 saturated heterocycles. The molecule has 86 valence electrons. The van der Waals surface area contributed by atoms with Crippen molar-refractivity contribution < 1.29 is 4.74 Å². The minimum absolute atomic E-state index is 0.613. The lowest BCUT2D eigenvalue weighted by atomic mass is 9.89. The summed E-state index contributed by atoms with van der Waals surface area (Å²) in [4.78, 5) is 2.50. The zero-order valence-corrected chi connectivity index (χ0v) is 10.1. The predicted molar refractivity (Wildman–Crippen MR) is 66.6 cm³/mol. The molecular formula is C14H19NO. The summed E-state index contributed by atoms with van der Waals surface area (Å²) >= 11 is 0. The molecule has 2 heteroatoms. The molecule has 0 aromatic heterocycles. The van der Waals surface area contributed by atoms with Crippen LogP contribution in [0.3, 0.4) is 0 Å². The third kappa shape index (κ3) is 1.40. The number of hydrogen-bond donors (Lipinski definition) is 0. The van der Waals surface area contributed by atoms with Crippen LogP contribution in [0.5, 0.6) is 5.75 Å². The van der Waals surface area contributed by atoms with Crippen LogP contribution in [-0.2, 0) is 6.42 Å². The maximum atomic E-state index is 5.76. The normalized spacial score (nSPS) is 18.3. The van der Waals surface area contributed by atoms with Crippen LogP contribution in [0.15, 0.2) is 12.1 Å².